The van der Waals surface area contributed by atoms with Crippen LogP contribution in [-0.2, 0) is 0 Å². The topological polar surface area (TPSA) is 65.4 Å². The van der Waals surface area contributed by atoms with Crippen molar-refractivity contribution in [3.05, 3.63) is 42.0 Å². The molecule has 2 aromatic rings. The lowest BCUT2D eigenvalue weighted by Crippen LogP contribution is -2.29. The Balaban J connectivity index is 2.27. The zero-order chi connectivity index (χ0) is 15.0. The minimum absolute atomic E-state index is 0.191. The van der Waals surface area contributed by atoms with E-state index in [1.54, 1.807) is 12.0 Å². The first kappa shape index (κ1) is 13.4. The van der Waals surface area contributed by atoms with Crippen molar-refractivity contribution in [2.24, 2.45) is 0 Å². The molecule has 1 aliphatic rings. The highest BCUT2D eigenvalue weighted by Crippen LogP contribution is 2.38. The molecule has 0 radical (unpaired) electrons. The van der Waals surface area contributed by atoms with Gasteiger partial charge in [-0.1, -0.05) is 30.3 Å². The molecule has 1 saturated heterocycles. The highest BCUT2D eigenvalue weighted by molar-refractivity contribution is 6.08. The van der Waals surface area contributed by atoms with E-state index in [0.717, 1.165) is 16.3 Å². The van der Waals surface area contributed by atoms with Crippen LogP contribution in [0.25, 0.3) is 10.8 Å². The largest absolute Gasteiger partial charge is 0.496 e. The molecule has 2 aromatic carbocycles. The first-order chi connectivity index (χ1) is 10.2. The highest BCUT2D eigenvalue weighted by Gasteiger charge is 2.38. The zero-order valence-corrected chi connectivity index (χ0v) is 12.0. The van der Waals surface area contributed by atoms with Crippen LogP contribution in [0.2, 0.25) is 0 Å². The molecule has 21 heavy (non-hydrogen) atoms. The zero-order valence-electron chi connectivity index (χ0n) is 12.0. The third kappa shape index (κ3) is 2.01. The normalized spacial score (nSPS) is 18.2. The predicted octanol–water partition coefficient (Wildman–Crippen LogP) is 2.91. The second-order valence-electron chi connectivity index (χ2n) is 4.94. The Kier molecular flexibility index (Phi) is 3.25. The van der Waals surface area contributed by atoms with Gasteiger partial charge in [0.15, 0.2) is 0 Å². The van der Waals surface area contributed by atoms with Gasteiger partial charge in [-0.25, -0.2) is 4.79 Å². The number of ether oxygens (including phenoxy) is 1. The molecular formula is C16H17N3O2. The quantitative estimate of drug-likeness (QED) is 0.909. The lowest BCUT2D eigenvalue weighted by molar-refractivity contribution is 0.208. The van der Waals surface area contributed by atoms with E-state index in [0.29, 0.717) is 12.3 Å². The van der Waals surface area contributed by atoms with Gasteiger partial charge in [-0.2, -0.15) is 0 Å². The number of likely N-dealkylation sites (N-methyl/N-ethyl adjacent to an activating group) is 1. The molecule has 1 unspecified atom stereocenters. The number of carbonyl (C=O) groups is 1. The highest BCUT2D eigenvalue weighted by atomic mass is 16.5. The van der Waals surface area contributed by atoms with E-state index in [1.807, 2.05) is 43.3 Å². The summed E-state index contributed by atoms with van der Waals surface area (Å²) in [7, 11) is 1.61. The molecule has 108 valence electrons. The Hall–Kier alpha value is -2.56. The summed E-state index contributed by atoms with van der Waals surface area (Å²) >= 11 is 0. The van der Waals surface area contributed by atoms with E-state index in [9.17, 15) is 4.79 Å². The molecule has 0 aliphatic carbocycles. The monoisotopic (exact) mass is 283 g/mol. The second-order valence-corrected chi connectivity index (χ2v) is 4.94. The van der Waals surface area contributed by atoms with Crippen LogP contribution in [0, 0.1) is 5.41 Å². The number of hydrogen-bond acceptors (Lipinski definition) is 3. The summed E-state index contributed by atoms with van der Waals surface area (Å²) in [6.07, 6.45) is 0. The van der Waals surface area contributed by atoms with Crippen molar-refractivity contribution >= 4 is 22.6 Å². The van der Waals surface area contributed by atoms with Crippen LogP contribution in [0.5, 0.6) is 5.75 Å². The number of methoxy groups -OCH3 is 1. The smallest absolute Gasteiger partial charge is 0.323 e. The molecule has 0 spiro atoms. The number of urea groups is 1. The van der Waals surface area contributed by atoms with Crippen molar-refractivity contribution in [1.29, 1.82) is 5.41 Å². The number of nitrogens with one attached hydrogen (secondary N) is 2. The van der Waals surface area contributed by atoms with Crippen molar-refractivity contribution in [3.63, 3.8) is 0 Å². The summed E-state index contributed by atoms with van der Waals surface area (Å²) in [5.74, 6) is 0.884. The van der Waals surface area contributed by atoms with E-state index < -0.39 is 6.04 Å². The van der Waals surface area contributed by atoms with Crippen LogP contribution < -0.4 is 10.1 Å². The lowest BCUT2D eigenvalue weighted by atomic mass is 9.96. The van der Waals surface area contributed by atoms with Gasteiger partial charge in [-0.15, -0.1) is 0 Å². The standard InChI is InChI=1S/C16H17N3O2/c1-3-19-14(15(17)18-16(19)20)13-11-7-5-4-6-10(11)8-9-12(13)21-2/h4-9,14H,3H2,1-2H3,(H2,17,18,20). The molecule has 1 atom stereocenters. The average molecular weight is 283 g/mol. The third-order valence-corrected chi connectivity index (χ3v) is 3.85. The minimum Gasteiger partial charge on any atom is -0.496 e. The fraction of sp³-hybridized carbons (Fsp3) is 0.250. The van der Waals surface area contributed by atoms with Gasteiger partial charge in [-0.3, -0.25) is 10.7 Å². The van der Waals surface area contributed by atoms with Gasteiger partial charge in [0.25, 0.3) is 0 Å². The van der Waals surface area contributed by atoms with Gasteiger partial charge in [0.05, 0.1) is 7.11 Å². The van der Waals surface area contributed by atoms with Crippen molar-refractivity contribution in [3.8, 4) is 5.75 Å². The van der Waals surface area contributed by atoms with E-state index >= 15 is 0 Å². The van der Waals surface area contributed by atoms with Crippen molar-refractivity contribution < 1.29 is 9.53 Å². The number of benzene rings is 2. The van der Waals surface area contributed by atoms with Gasteiger partial charge < -0.3 is 9.64 Å². The molecule has 1 fully saturated rings. The molecule has 2 N–H and O–H groups in total. The third-order valence-electron chi connectivity index (χ3n) is 3.85. The number of nitrogens with zero attached hydrogens (tertiary/aromatic N) is 1. The molecule has 1 aliphatic heterocycles. The minimum atomic E-state index is -0.427. The van der Waals surface area contributed by atoms with Crippen LogP contribution >= 0.6 is 0 Å². The fourth-order valence-corrected chi connectivity index (χ4v) is 2.89. The van der Waals surface area contributed by atoms with E-state index in [2.05, 4.69) is 5.32 Å². The maximum atomic E-state index is 12.0. The average Bonchev–Trinajstić information content (AvgIpc) is 2.79. The van der Waals surface area contributed by atoms with E-state index in [-0.39, 0.29) is 11.9 Å². The molecule has 0 saturated carbocycles. The van der Waals surface area contributed by atoms with Crippen LogP contribution in [0.15, 0.2) is 36.4 Å². The van der Waals surface area contributed by atoms with Crippen molar-refractivity contribution in [2.75, 3.05) is 13.7 Å². The molecular weight excluding hydrogens is 266 g/mol. The number of hydrogen-bond donors (Lipinski definition) is 2. The maximum absolute atomic E-state index is 12.0. The van der Waals surface area contributed by atoms with E-state index in [4.69, 9.17) is 10.1 Å². The number of rotatable bonds is 3. The summed E-state index contributed by atoms with van der Waals surface area (Å²) in [6.45, 7) is 2.44. The Labute approximate surface area is 123 Å². The predicted molar refractivity (Wildman–Crippen MR) is 81.9 cm³/mol. The first-order valence-electron chi connectivity index (χ1n) is 6.89. The van der Waals surface area contributed by atoms with Crippen LogP contribution in [0.4, 0.5) is 4.79 Å². The Morgan fingerprint density at radius 2 is 2.05 bits per heavy atom. The van der Waals surface area contributed by atoms with Crippen molar-refractivity contribution in [1.82, 2.24) is 10.2 Å². The Morgan fingerprint density at radius 1 is 1.29 bits per heavy atom. The molecule has 1 heterocycles. The van der Waals surface area contributed by atoms with Gasteiger partial charge >= 0.3 is 6.03 Å². The van der Waals surface area contributed by atoms with E-state index in [1.165, 1.54) is 0 Å². The van der Waals surface area contributed by atoms with Gasteiger partial charge in [0, 0.05) is 12.1 Å². The first-order valence-corrected chi connectivity index (χ1v) is 6.89. The van der Waals surface area contributed by atoms with Gasteiger partial charge in [-0.05, 0) is 23.8 Å². The van der Waals surface area contributed by atoms with Gasteiger partial charge in [0.2, 0.25) is 0 Å². The van der Waals surface area contributed by atoms with Crippen molar-refractivity contribution in [2.45, 2.75) is 13.0 Å². The number of fused-ring (bicyclic) bond motifs is 1. The second kappa shape index (κ2) is 5.09. The SMILES string of the molecule is CCN1C(=O)NC(=N)C1c1c(OC)ccc2ccccc12. The molecule has 2 amide bonds. The summed E-state index contributed by atoms with van der Waals surface area (Å²) in [4.78, 5) is 13.6. The molecule has 5 nitrogen and oxygen atoms in total. The summed E-state index contributed by atoms with van der Waals surface area (Å²) in [5, 5.41) is 12.8. The Morgan fingerprint density at radius 3 is 2.76 bits per heavy atom. The number of carbonyl (C=O) groups excluding carboxylic acids is 1. The Bertz CT molecular complexity index is 727. The molecule has 0 bridgehead atoms. The fourth-order valence-electron chi connectivity index (χ4n) is 2.89. The number of amidine groups is 1. The molecule has 5 heteroatoms. The summed E-state index contributed by atoms with van der Waals surface area (Å²) in [5.41, 5.74) is 0.862. The summed E-state index contributed by atoms with van der Waals surface area (Å²) < 4.78 is 5.48. The molecule has 0 aromatic heterocycles. The van der Waals surface area contributed by atoms with Crippen LogP contribution in [-0.4, -0.2) is 30.4 Å². The number of amides is 2. The molecule has 3 rings (SSSR count). The maximum Gasteiger partial charge on any atom is 0.323 e. The van der Waals surface area contributed by atoms with Crippen LogP contribution in [0.1, 0.15) is 18.5 Å². The van der Waals surface area contributed by atoms with Crippen LogP contribution in [0.3, 0.4) is 0 Å². The van der Waals surface area contributed by atoms with Gasteiger partial charge in [0.1, 0.15) is 17.6 Å². The lowest BCUT2D eigenvalue weighted by Gasteiger charge is -2.24. The summed E-state index contributed by atoms with van der Waals surface area (Å²) in [6, 6.07) is 11.2.